The lowest BCUT2D eigenvalue weighted by molar-refractivity contribution is 0.144. The maximum atomic E-state index is 14.9. The fraction of sp³-hybridized carbons (Fsp3) is 0.333. The van der Waals surface area contributed by atoms with E-state index in [0.717, 1.165) is 31.8 Å². The second-order valence-electron chi connectivity index (χ2n) is 8.17. The van der Waals surface area contributed by atoms with Crippen molar-refractivity contribution >= 4 is 0 Å². The molecule has 0 amide bonds. The second kappa shape index (κ2) is 11.1. The van der Waals surface area contributed by atoms with Crippen molar-refractivity contribution in [2.24, 2.45) is 5.92 Å². The Balaban J connectivity index is 1.58. The molecule has 0 saturated heterocycles. The fourth-order valence-electron chi connectivity index (χ4n) is 4.10. The van der Waals surface area contributed by atoms with Gasteiger partial charge in [0.2, 0.25) is 0 Å². The number of hydrogen-bond acceptors (Lipinski definition) is 3. The molecule has 176 valence electrons. The Bertz CT molecular complexity index is 1020. The zero-order valence-electron chi connectivity index (χ0n) is 19.0. The number of rotatable bonds is 9. The second-order valence-corrected chi connectivity index (χ2v) is 8.17. The first-order valence-corrected chi connectivity index (χ1v) is 10.9. The van der Waals surface area contributed by atoms with Crippen LogP contribution in [0.4, 0.5) is 13.2 Å². The molecule has 0 N–H and O–H groups in total. The van der Waals surface area contributed by atoms with Gasteiger partial charge in [-0.05, 0) is 60.8 Å². The molecule has 0 heterocycles. The van der Waals surface area contributed by atoms with E-state index in [1.165, 1.54) is 7.11 Å². The summed E-state index contributed by atoms with van der Waals surface area (Å²) in [7, 11) is 2.89. The van der Waals surface area contributed by atoms with Crippen molar-refractivity contribution in [1.82, 2.24) is 0 Å². The third-order valence-corrected chi connectivity index (χ3v) is 6.10. The van der Waals surface area contributed by atoms with Crippen LogP contribution in [-0.4, -0.2) is 20.8 Å². The molecule has 0 aliphatic heterocycles. The van der Waals surface area contributed by atoms with E-state index >= 15 is 0 Å². The summed E-state index contributed by atoms with van der Waals surface area (Å²) in [4.78, 5) is 0. The standard InChI is InChI=1S/C27H29F3O3/c1-17(15-25(28)18(2)31-3)33-16-19-5-7-20(8-6-19)23-13-14-24(27(30)26(23)29)21-9-11-22(32-4)12-10-21/h9-15,19-20H,1-2,5-8,16H2,3-4H3/b25-15+. The van der Waals surface area contributed by atoms with Gasteiger partial charge in [0, 0.05) is 11.6 Å². The van der Waals surface area contributed by atoms with Gasteiger partial charge in [0.25, 0.3) is 0 Å². The van der Waals surface area contributed by atoms with Crippen LogP contribution in [0.3, 0.4) is 0 Å². The average molecular weight is 459 g/mol. The highest BCUT2D eigenvalue weighted by Crippen LogP contribution is 2.39. The molecular weight excluding hydrogens is 429 g/mol. The molecule has 33 heavy (non-hydrogen) atoms. The number of hydrogen-bond donors (Lipinski definition) is 0. The third kappa shape index (κ3) is 6.01. The molecule has 0 aromatic heterocycles. The van der Waals surface area contributed by atoms with Gasteiger partial charge < -0.3 is 14.2 Å². The number of benzene rings is 2. The minimum Gasteiger partial charge on any atom is -0.497 e. The lowest BCUT2D eigenvalue weighted by Gasteiger charge is -2.29. The molecule has 0 atom stereocenters. The molecule has 2 aromatic carbocycles. The Hall–Kier alpha value is -3.15. The summed E-state index contributed by atoms with van der Waals surface area (Å²) in [5.74, 6) is -1.30. The van der Waals surface area contributed by atoms with Gasteiger partial charge in [-0.25, -0.2) is 13.2 Å². The number of ether oxygens (including phenoxy) is 3. The number of allylic oxidation sites excluding steroid dienone is 2. The van der Waals surface area contributed by atoms with Crippen LogP contribution in [0, 0.1) is 17.6 Å². The molecule has 6 heteroatoms. The number of halogens is 3. The van der Waals surface area contributed by atoms with Crippen LogP contribution in [0.15, 0.2) is 73.0 Å². The maximum Gasteiger partial charge on any atom is 0.168 e. The quantitative estimate of drug-likeness (QED) is 0.288. The van der Waals surface area contributed by atoms with Gasteiger partial charge in [0.05, 0.1) is 20.8 Å². The minimum atomic E-state index is -0.828. The molecule has 1 aliphatic carbocycles. The first kappa shape index (κ1) is 24.5. The van der Waals surface area contributed by atoms with E-state index in [2.05, 4.69) is 13.2 Å². The summed E-state index contributed by atoms with van der Waals surface area (Å²) in [6.07, 6.45) is 4.19. The van der Waals surface area contributed by atoms with Gasteiger partial charge in [-0.15, -0.1) is 0 Å². The van der Waals surface area contributed by atoms with Gasteiger partial charge in [0.15, 0.2) is 17.5 Å². The van der Waals surface area contributed by atoms with Crippen molar-refractivity contribution in [3.63, 3.8) is 0 Å². The van der Waals surface area contributed by atoms with Crippen molar-refractivity contribution in [2.75, 3.05) is 20.8 Å². The van der Waals surface area contributed by atoms with E-state index in [0.29, 0.717) is 23.5 Å². The normalized spacial score (nSPS) is 18.5. The van der Waals surface area contributed by atoms with E-state index in [9.17, 15) is 13.2 Å². The molecule has 1 fully saturated rings. The molecule has 0 unspecified atom stereocenters. The largest absolute Gasteiger partial charge is 0.497 e. The highest BCUT2D eigenvalue weighted by molar-refractivity contribution is 5.65. The molecule has 0 bridgehead atoms. The summed E-state index contributed by atoms with van der Waals surface area (Å²) in [6.45, 7) is 7.51. The summed E-state index contributed by atoms with van der Waals surface area (Å²) < 4.78 is 58.9. The lowest BCUT2D eigenvalue weighted by atomic mass is 9.78. The maximum absolute atomic E-state index is 14.9. The molecule has 1 saturated carbocycles. The molecule has 0 radical (unpaired) electrons. The van der Waals surface area contributed by atoms with Gasteiger partial charge in [-0.2, -0.15) is 0 Å². The highest BCUT2D eigenvalue weighted by Gasteiger charge is 2.27. The smallest absolute Gasteiger partial charge is 0.168 e. The monoisotopic (exact) mass is 458 g/mol. The molecule has 0 spiro atoms. The van der Waals surface area contributed by atoms with Gasteiger partial charge in [0.1, 0.15) is 17.3 Å². The first-order chi connectivity index (χ1) is 15.8. The van der Waals surface area contributed by atoms with Crippen LogP contribution in [-0.2, 0) is 9.47 Å². The van der Waals surface area contributed by atoms with E-state index in [1.807, 2.05) is 0 Å². The van der Waals surface area contributed by atoms with E-state index in [-0.39, 0.29) is 28.9 Å². The summed E-state index contributed by atoms with van der Waals surface area (Å²) in [6, 6.07) is 10.2. The van der Waals surface area contributed by atoms with Crippen molar-refractivity contribution < 1.29 is 27.4 Å². The van der Waals surface area contributed by atoms with Crippen LogP contribution in [0.1, 0.15) is 37.2 Å². The minimum absolute atomic E-state index is 0.0498. The Labute approximate surface area is 193 Å². The van der Waals surface area contributed by atoms with E-state index < -0.39 is 17.5 Å². The highest BCUT2D eigenvalue weighted by atomic mass is 19.2. The predicted octanol–water partition coefficient (Wildman–Crippen LogP) is 7.46. The first-order valence-electron chi connectivity index (χ1n) is 10.9. The molecule has 3 rings (SSSR count). The Morgan fingerprint density at radius 2 is 1.64 bits per heavy atom. The lowest BCUT2D eigenvalue weighted by Crippen LogP contribution is -2.18. The van der Waals surface area contributed by atoms with E-state index in [1.54, 1.807) is 43.5 Å². The molecular formula is C27H29F3O3. The van der Waals surface area contributed by atoms with Gasteiger partial charge in [-0.1, -0.05) is 37.4 Å². The zero-order chi connectivity index (χ0) is 24.0. The topological polar surface area (TPSA) is 27.7 Å². The Morgan fingerprint density at radius 3 is 2.24 bits per heavy atom. The van der Waals surface area contributed by atoms with Crippen LogP contribution < -0.4 is 4.74 Å². The van der Waals surface area contributed by atoms with Crippen LogP contribution in [0.2, 0.25) is 0 Å². The van der Waals surface area contributed by atoms with Gasteiger partial charge >= 0.3 is 0 Å². The average Bonchev–Trinajstić information content (AvgIpc) is 2.84. The molecule has 2 aromatic rings. The predicted molar refractivity (Wildman–Crippen MR) is 123 cm³/mol. The number of methoxy groups -OCH3 is 2. The zero-order valence-corrected chi connectivity index (χ0v) is 19.0. The summed E-state index contributed by atoms with van der Waals surface area (Å²) in [5.41, 5.74) is 1.24. The van der Waals surface area contributed by atoms with Crippen LogP contribution >= 0.6 is 0 Å². The molecule has 1 aliphatic rings. The summed E-state index contributed by atoms with van der Waals surface area (Å²) in [5, 5.41) is 0. The van der Waals surface area contributed by atoms with Crippen molar-refractivity contribution in [1.29, 1.82) is 0 Å². The van der Waals surface area contributed by atoms with Crippen LogP contribution in [0.5, 0.6) is 5.75 Å². The summed E-state index contributed by atoms with van der Waals surface area (Å²) >= 11 is 0. The SMILES string of the molecule is C=C(/C=C(/F)C(=C)OC)OCC1CCC(c2ccc(-c3ccc(OC)cc3)c(F)c2F)CC1. The third-order valence-electron chi connectivity index (χ3n) is 6.10. The van der Waals surface area contributed by atoms with Crippen LogP contribution in [0.25, 0.3) is 11.1 Å². The van der Waals surface area contributed by atoms with Crippen molar-refractivity contribution in [2.45, 2.75) is 31.6 Å². The fourth-order valence-corrected chi connectivity index (χ4v) is 4.10. The Kier molecular flexibility index (Phi) is 8.26. The van der Waals surface area contributed by atoms with Crippen molar-refractivity contribution in [3.8, 4) is 16.9 Å². The van der Waals surface area contributed by atoms with Gasteiger partial charge in [-0.3, -0.25) is 0 Å². The molecule has 3 nitrogen and oxygen atoms in total. The van der Waals surface area contributed by atoms with E-state index in [4.69, 9.17) is 14.2 Å². The van der Waals surface area contributed by atoms with Crippen molar-refractivity contribution in [3.05, 3.63) is 90.2 Å². The Morgan fingerprint density at radius 1 is 0.970 bits per heavy atom.